The van der Waals surface area contributed by atoms with Crippen LogP contribution in [0.3, 0.4) is 0 Å². The summed E-state index contributed by atoms with van der Waals surface area (Å²) in [6.07, 6.45) is 0.727. The quantitative estimate of drug-likeness (QED) is 0.826. The van der Waals surface area contributed by atoms with Gasteiger partial charge in [-0.1, -0.05) is 25.1 Å². The van der Waals surface area contributed by atoms with Crippen molar-refractivity contribution in [2.45, 2.75) is 18.2 Å². The van der Waals surface area contributed by atoms with Crippen LogP contribution in [0.5, 0.6) is 0 Å². The number of anilines is 1. The summed E-state index contributed by atoms with van der Waals surface area (Å²) in [6.45, 7) is 5.15. The summed E-state index contributed by atoms with van der Waals surface area (Å²) in [7, 11) is -3.51. The molecular formula is C20H25N3O3S. The van der Waals surface area contributed by atoms with Crippen LogP contribution in [0.15, 0.2) is 59.5 Å². The van der Waals surface area contributed by atoms with Gasteiger partial charge in [-0.2, -0.15) is 0 Å². The average Bonchev–Trinajstić information content (AvgIpc) is 2.72. The van der Waals surface area contributed by atoms with Crippen molar-refractivity contribution in [1.82, 2.24) is 9.62 Å². The number of carbonyl (C=O) groups is 1. The first-order valence-electron chi connectivity index (χ1n) is 9.20. The lowest BCUT2D eigenvalue weighted by atomic mass is 10.1. The number of nitrogens with one attached hydrogen (secondary N) is 1. The smallest absolute Gasteiger partial charge is 0.253 e. The molecule has 0 radical (unpaired) electrons. The average molecular weight is 388 g/mol. The molecule has 7 heteroatoms. The molecule has 0 aromatic heterocycles. The van der Waals surface area contributed by atoms with Crippen LogP contribution in [0, 0.1) is 0 Å². The number of amides is 1. The Morgan fingerprint density at radius 1 is 0.963 bits per heavy atom. The van der Waals surface area contributed by atoms with Crippen LogP contribution in [-0.2, 0) is 10.0 Å². The highest BCUT2D eigenvalue weighted by atomic mass is 32.2. The number of hydrogen-bond acceptors (Lipinski definition) is 4. The predicted octanol–water partition coefficient (Wildman–Crippen LogP) is 2.34. The minimum atomic E-state index is -3.51. The molecule has 2 aromatic carbocycles. The molecule has 1 amide bonds. The number of piperazine rings is 1. The Balaban J connectivity index is 1.62. The van der Waals surface area contributed by atoms with Gasteiger partial charge >= 0.3 is 0 Å². The second kappa shape index (κ2) is 8.54. The fourth-order valence-electron chi connectivity index (χ4n) is 3.09. The summed E-state index contributed by atoms with van der Waals surface area (Å²) in [5.74, 6) is -0.0619. The van der Waals surface area contributed by atoms with Gasteiger partial charge in [0.1, 0.15) is 0 Å². The first kappa shape index (κ1) is 19.4. The zero-order chi connectivity index (χ0) is 19.3. The maximum absolute atomic E-state index is 12.7. The number of rotatable bonds is 6. The van der Waals surface area contributed by atoms with Crippen LogP contribution in [0.2, 0.25) is 0 Å². The van der Waals surface area contributed by atoms with E-state index < -0.39 is 10.0 Å². The largest absolute Gasteiger partial charge is 0.368 e. The molecule has 1 N–H and O–H groups in total. The minimum Gasteiger partial charge on any atom is -0.368 e. The van der Waals surface area contributed by atoms with E-state index in [0.717, 1.165) is 19.5 Å². The van der Waals surface area contributed by atoms with Gasteiger partial charge in [-0.05, 0) is 42.8 Å². The van der Waals surface area contributed by atoms with Crippen LogP contribution < -0.4 is 9.62 Å². The molecule has 1 saturated heterocycles. The van der Waals surface area contributed by atoms with E-state index >= 15 is 0 Å². The number of hydrogen-bond donors (Lipinski definition) is 1. The van der Waals surface area contributed by atoms with Crippen molar-refractivity contribution in [2.24, 2.45) is 0 Å². The fraction of sp³-hybridized carbons (Fsp3) is 0.350. The predicted molar refractivity (Wildman–Crippen MR) is 106 cm³/mol. The zero-order valence-electron chi connectivity index (χ0n) is 15.5. The Kier molecular flexibility index (Phi) is 6.13. The van der Waals surface area contributed by atoms with Crippen LogP contribution in [0.1, 0.15) is 23.7 Å². The molecule has 1 aliphatic heterocycles. The monoisotopic (exact) mass is 387 g/mol. The van der Waals surface area contributed by atoms with Gasteiger partial charge in [0, 0.05) is 44.0 Å². The van der Waals surface area contributed by atoms with Crippen molar-refractivity contribution in [1.29, 1.82) is 0 Å². The third-order valence-electron chi connectivity index (χ3n) is 4.64. The number of nitrogens with zero attached hydrogens (tertiary/aromatic N) is 2. The molecule has 2 aromatic rings. The summed E-state index contributed by atoms with van der Waals surface area (Å²) in [4.78, 5) is 17.0. The molecule has 0 unspecified atom stereocenters. The summed E-state index contributed by atoms with van der Waals surface area (Å²) < 4.78 is 26.8. The van der Waals surface area contributed by atoms with Crippen LogP contribution in [-0.4, -0.2) is 51.9 Å². The van der Waals surface area contributed by atoms with Gasteiger partial charge in [0.05, 0.1) is 4.90 Å². The number of para-hydroxylation sites is 1. The van der Waals surface area contributed by atoms with Crippen molar-refractivity contribution in [3.8, 4) is 0 Å². The summed E-state index contributed by atoms with van der Waals surface area (Å²) >= 11 is 0. The van der Waals surface area contributed by atoms with E-state index in [1.165, 1.54) is 17.8 Å². The van der Waals surface area contributed by atoms with Gasteiger partial charge in [0.2, 0.25) is 10.0 Å². The van der Waals surface area contributed by atoms with Crippen molar-refractivity contribution in [3.05, 3.63) is 60.2 Å². The second-order valence-electron chi connectivity index (χ2n) is 6.54. The van der Waals surface area contributed by atoms with Gasteiger partial charge in [-0.3, -0.25) is 4.79 Å². The van der Waals surface area contributed by atoms with Gasteiger partial charge in [-0.25, -0.2) is 13.1 Å². The molecule has 3 rings (SSSR count). The third kappa shape index (κ3) is 4.67. The number of carbonyl (C=O) groups excluding carboxylic acids is 1. The Morgan fingerprint density at radius 2 is 1.59 bits per heavy atom. The first-order valence-corrected chi connectivity index (χ1v) is 10.7. The second-order valence-corrected chi connectivity index (χ2v) is 8.30. The Bertz CT molecular complexity index is 859. The maximum atomic E-state index is 12.7. The summed E-state index contributed by atoms with van der Waals surface area (Å²) in [6, 6.07) is 16.3. The van der Waals surface area contributed by atoms with Gasteiger partial charge in [-0.15, -0.1) is 0 Å². The van der Waals surface area contributed by atoms with Crippen LogP contribution in [0.25, 0.3) is 0 Å². The molecule has 0 spiro atoms. The van der Waals surface area contributed by atoms with E-state index in [4.69, 9.17) is 0 Å². The van der Waals surface area contributed by atoms with Crippen molar-refractivity contribution >= 4 is 21.6 Å². The first-order chi connectivity index (χ1) is 13.0. The number of sulfonamides is 1. The Hall–Kier alpha value is -2.38. The molecule has 0 bridgehead atoms. The topological polar surface area (TPSA) is 69.7 Å². The molecule has 0 atom stereocenters. The van der Waals surface area contributed by atoms with E-state index in [0.29, 0.717) is 25.2 Å². The molecule has 1 aliphatic rings. The SMILES string of the molecule is CCCNS(=O)(=O)c1ccc(C(=O)N2CCN(c3ccccc3)CC2)cc1. The highest BCUT2D eigenvalue weighted by Crippen LogP contribution is 2.17. The minimum absolute atomic E-state index is 0.0619. The molecule has 27 heavy (non-hydrogen) atoms. The van der Waals surface area contributed by atoms with E-state index in [2.05, 4.69) is 21.8 Å². The lowest BCUT2D eigenvalue weighted by Gasteiger charge is -2.36. The van der Waals surface area contributed by atoms with E-state index in [-0.39, 0.29) is 10.8 Å². The van der Waals surface area contributed by atoms with Gasteiger partial charge in [0.15, 0.2) is 0 Å². The van der Waals surface area contributed by atoms with E-state index in [1.807, 2.05) is 30.0 Å². The van der Waals surface area contributed by atoms with Gasteiger partial charge < -0.3 is 9.80 Å². The zero-order valence-corrected chi connectivity index (χ0v) is 16.3. The Morgan fingerprint density at radius 3 is 2.19 bits per heavy atom. The van der Waals surface area contributed by atoms with Crippen molar-refractivity contribution in [2.75, 3.05) is 37.6 Å². The lowest BCUT2D eigenvalue weighted by Crippen LogP contribution is -2.48. The van der Waals surface area contributed by atoms with Crippen molar-refractivity contribution < 1.29 is 13.2 Å². The highest BCUT2D eigenvalue weighted by molar-refractivity contribution is 7.89. The van der Waals surface area contributed by atoms with E-state index in [1.54, 1.807) is 12.1 Å². The molecule has 144 valence electrons. The summed E-state index contributed by atoms with van der Waals surface area (Å²) in [5, 5.41) is 0. The maximum Gasteiger partial charge on any atom is 0.253 e. The van der Waals surface area contributed by atoms with Crippen LogP contribution >= 0.6 is 0 Å². The summed E-state index contributed by atoms with van der Waals surface area (Å²) in [5.41, 5.74) is 1.68. The Labute approximate surface area is 160 Å². The standard InChI is InChI=1S/C20H25N3O3S/c1-2-12-21-27(25,26)19-10-8-17(9-11-19)20(24)23-15-13-22(14-16-23)18-6-4-3-5-7-18/h3-11,21H,2,12-16H2,1H3. The molecule has 1 heterocycles. The molecule has 0 aliphatic carbocycles. The molecular weight excluding hydrogens is 362 g/mol. The molecule has 1 fully saturated rings. The fourth-order valence-corrected chi connectivity index (χ4v) is 4.22. The normalized spacial score (nSPS) is 15.0. The highest BCUT2D eigenvalue weighted by Gasteiger charge is 2.23. The lowest BCUT2D eigenvalue weighted by molar-refractivity contribution is 0.0746. The molecule has 0 saturated carbocycles. The van der Waals surface area contributed by atoms with Crippen LogP contribution in [0.4, 0.5) is 5.69 Å². The van der Waals surface area contributed by atoms with Crippen molar-refractivity contribution in [3.63, 3.8) is 0 Å². The number of benzene rings is 2. The molecule has 6 nitrogen and oxygen atoms in total. The van der Waals surface area contributed by atoms with Gasteiger partial charge in [0.25, 0.3) is 5.91 Å². The van der Waals surface area contributed by atoms with E-state index in [9.17, 15) is 13.2 Å². The third-order valence-corrected chi connectivity index (χ3v) is 6.12.